The highest BCUT2D eigenvalue weighted by molar-refractivity contribution is 6.12. The van der Waals surface area contributed by atoms with E-state index in [0.717, 1.165) is 11.4 Å². The van der Waals surface area contributed by atoms with Crippen LogP contribution in [0, 0.1) is 0 Å². The Balaban J connectivity index is 0.662. The molecule has 2 heterocycles. The number of fused-ring (bicyclic) bond motifs is 26. The molecule has 20 rings (SSSR count). The first-order valence-electron chi connectivity index (χ1n) is 30.8. The van der Waals surface area contributed by atoms with Gasteiger partial charge in [-0.3, -0.25) is 0 Å². The average Bonchev–Trinajstić information content (AvgIpc) is 1.57. The number of aromatic nitrogens is 2. The van der Waals surface area contributed by atoms with Crippen LogP contribution in [0.5, 0.6) is 0 Å². The van der Waals surface area contributed by atoms with Crippen LogP contribution in [0.25, 0.3) is 133 Å². The Morgan fingerprint density at radius 2 is 0.420 bits per heavy atom. The van der Waals surface area contributed by atoms with Gasteiger partial charge in [0.25, 0.3) is 0 Å². The summed E-state index contributed by atoms with van der Waals surface area (Å²) in [4.78, 5) is 0. The molecule has 2 nitrogen and oxygen atoms in total. The van der Waals surface area contributed by atoms with Crippen molar-refractivity contribution in [3.63, 3.8) is 0 Å². The lowest BCUT2D eigenvalue weighted by molar-refractivity contribution is 0.794. The van der Waals surface area contributed by atoms with E-state index in [1.54, 1.807) is 0 Å². The zero-order valence-electron chi connectivity index (χ0n) is 47.9. The maximum atomic E-state index is 2.50. The van der Waals surface area contributed by atoms with Gasteiger partial charge in [0.05, 0.1) is 32.9 Å². The summed E-state index contributed by atoms with van der Waals surface area (Å²) in [7, 11) is 0. The van der Waals surface area contributed by atoms with Crippen LogP contribution >= 0.6 is 0 Å². The summed E-state index contributed by atoms with van der Waals surface area (Å²) in [6.07, 6.45) is 0. The van der Waals surface area contributed by atoms with Crippen molar-refractivity contribution in [3.05, 3.63) is 360 Å². The molecule has 0 N–H and O–H groups in total. The third-order valence-corrected chi connectivity index (χ3v) is 20.6. The third kappa shape index (κ3) is 6.15. The van der Waals surface area contributed by atoms with E-state index in [2.05, 4.69) is 325 Å². The minimum atomic E-state index is -0.396. The number of hydrogen-bond acceptors (Lipinski definition) is 0. The van der Waals surface area contributed by atoms with Gasteiger partial charge in [-0.25, -0.2) is 0 Å². The molecule has 2 heteroatoms. The van der Waals surface area contributed by atoms with Crippen LogP contribution in [-0.2, 0) is 10.8 Å². The van der Waals surface area contributed by atoms with E-state index in [0.29, 0.717) is 0 Å². The lowest BCUT2D eigenvalue weighted by Crippen LogP contribution is -2.25. The zero-order chi connectivity index (χ0) is 57.4. The largest absolute Gasteiger partial charge is 0.309 e. The maximum Gasteiger partial charge on any atom is 0.0725 e. The van der Waals surface area contributed by atoms with Gasteiger partial charge < -0.3 is 9.13 Å². The quantitative estimate of drug-likeness (QED) is 0.163. The Labute approximate surface area is 509 Å². The normalized spacial score (nSPS) is 13.9. The molecule has 0 aliphatic heterocycles. The molecule has 16 aromatic rings. The van der Waals surface area contributed by atoms with Crippen molar-refractivity contribution in [2.24, 2.45) is 0 Å². The van der Waals surface area contributed by atoms with Crippen LogP contribution in [0.2, 0.25) is 0 Å². The molecule has 406 valence electrons. The van der Waals surface area contributed by atoms with Crippen LogP contribution in [0.4, 0.5) is 0 Å². The van der Waals surface area contributed by atoms with E-state index >= 15 is 0 Å². The van der Waals surface area contributed by atoms with Gasteiger partial charge in [-0.2, -0.15) is 0 Å². The number of nitrogens with zero attached hydrogens (tertiary/aromatic N) is 2. The van der Waals surface area contributed by atoms with Crippen LogP contribution in [0.3, 0.4) is 0 Å². The van der Waals surface area contributed by atoms with Gasteiger partial charge in [-0.15, -0.1) is 0 Å². The minimum Gasteiger partial charge on any atom is -0.309 e. The lowest BCUT2D eigenvalue weighted by atomic mass is 9.70. The molecule has 4 aliphatic carbocycles. The third-order valence-electron chi connectivity index (χ3n) is 20.6. The monoisotopic (exact) mass is 1110 g/mol. The molecule has 0 fully saturated rings. The van der Waals surface area contributed by atoms with Crippen molar-refractivity contribution < 1.29 is 0 Å². The fourth-order valence-corrected chi connectivity index (χ4v) is 17.0. The summed E-state index contributed by atoms with van der Waals surface area (Å²) >= 11 is 0. The molecule has 0 saturated heterocycles. The molecule has 0 bridgehead atoms. The van der Waals surface area contributed by atoms with Crippen LogP contribution in [-0.4, -0.2) is 9.13 Å². The SMILES string of the molecule is c1ccc2c(c1)-c1ccccc1C21c2ccccc2-c2ccc(-c3ccc4c5ccccc5n(-c5ccc(-c6ccc(-n7c8ccccc8c8ccc(-c9ccc%10c(c9)C9(c%11ccccc%11-c%11ccccc%119)c9ccccc9-%10)cc87)cc6)cc5)c4c3)cc21. The molecule has 14 aromatic carbocycles. The van der Waals surface area contributed by atoms with Crippen LogP contribution < -0.4 is 0 Å². The molecule has 2 spiro atoms. The first-order chi connectivity index (χ1) is 43.6. The number of para-hydroxylation sites is 2. The first kappa shape index (κ1) is 48.0. The molecule has 2 aromatic heterocycles. The summed E-state index contributed by atoms with van der Waals surface area (Å²) in [5.41, 5.74) is 34.9. The van der Waals surface area contributed by atoms with Crippen molar-refractivity contribution in [1.82, 2.24) is 9.13 Å². The highest BCUT2D eigenvalue weighted by atomic mass is 15.0. The highest BCUT2D eigenvalue weighted by Crippen LogP contribution is 2.65. The molecular formula is C86H52N2. The molecular weight excluding hydrogens is 1060 g/mol. The standard InChI is InChI=1S/C86H52N2/c1-9-25-73-61(17-1)62-18-2-10-26-74(62)85(73)77-29-13-5-21-65(77)67-45-37-55(49-79(67)85)57-39-47-71-69-23-7-15-31-81(69)87(83(71)51-57)59-41-33-53(34-42-59)54-35-43-60(44-36-54)88-82-32-16-8-24-70(82)72-48-40-58(52-84(72)88)56-38-46-68-66-22-6-14-30-78(66)86(80(68)50-56)75-27-11-3-19-63(75)64-20-4-12-28-76(64)86/h1-52H. The molecule has 88 heavy (non-hydrogen) atoms. The Kier molecular flexibility index (Phi) is 9.62. The number of rotatable bonds is 5. The topological polar surface area (TPSA) is 9.86 Å². The second-order valence-electron chi connectivity index (χ2n) is 24.6. The van der Waals surface area contributed by atoms with Gasteiger partial charge in [0.15, 0.2) is 0 Å². The van der Waals surface area contributed by atoms with Gasteiger partial charge in [0.1, 0.15) is 0 Å². The molecule has 0 unspecified atom stereocenters. The first-order valence-corrected chi connectivity index (χ1v) is 30.8. The zero-order valence-corrected chi connectivity index (χ0v) is 47.9. The summed E-state index contributed by atoms with van der Waals surface area (Å²) in [6, 6.07) is 119. The lowest BCUT2D eigenvalue weighted by Gasteiger charge is -2.30. The summed E-state index contributed by atoms with van der Waals surface area (Å²) in [6.45, 7) is 0. The van der Waals surface area contributed by atoms with Crippen molar-refractivity contribution in [2.75, 3.05) is 0 Å². The van der Waals surface area contributed by atoms with Gasteiger partial charge >= 0.3 is 0 Å². The fraction of sp³-hybridized carbons (Fsp3) is 0.0233. The molecule has 4 aliphatic rings. The Hall–Kier alpha value is -11.3. The number of hydrogen-bond donors (Lipinski definition) is 0. The van der Waals surface area contributed by atoms with E-state index in [1.165, 1.54) is 166 Å². The Morgan fingerprint density at radius 1 is 0.170 bits per heavy atom. The Bertz CT molecular complexity index is 5210. The van der Waals surface area contributed by atoms with Gasteiger partial charge in [0.2, 0.25) is 0 Å². The van der Waals surface area contributed by atoms with Gasteiger partial charge in [-0.1, -0.05) is 255 Å². The van der Waals surface area contributed by atoms with Crippen molar-refractivity contribution >= 4 is 43.6 Å². The highest BCUT2D eigenvalue weighted by Gasteiger charge is 2.53. The van der Waals surface area contributed by atoms with Gasteiger partial charge in [-0.05, 0) is 183 Å². The summed E-state index contributed by atoms with van der Waals surface area (Å²) < 4.78 is 4.91. The second-order valence-corrected chi connectivity index (χ2v) is 24.6. The van der Waals surface area contributed by atoms with Crippen molar-refractivity contribution in [1.29, 1.82) is 0 Å². The molecule has 0 atom stereocenters. The van der Waals surface area contributed by atoms with E-state index < -0.39 is 10.8 Å². The fourth-order valence-electron chi connectivity index (χ4n) is 17.0. The summed E-state index contributed by atoms with van der Waals surface area (Å²) in [5, 5.41) is 4.98. The minimum absolute atomic E-state index is 0.396. The molecule has 0 radical (unpaired) electrons. The smallest absolute Gasteiger partial charge is 0.0725 e. The van der Waals surface area contributed by atoms with Crippen LogP contribution in [0.1, 0.15) is 44.5 Å². The van der Waals surface area contributed by atoms with E-state index in [1.807, 2.05) is 0 Å². The molecule has 0 saturated carbocycles. The average molecular weight is 1110 g/mol. The Morgan fingerprint density at radius 3 is 0.761 bits per heavy atom. The maximum absolute atomic E-state index is 2.50. The number of benzene rings is 14. The predicted octanol–water partition coefficient (Wildman–Crippen LogP) is 21.6. The summed E-state index contributed by atoms with van der Waals surface area (Å²) in [5.74, 6) is 0. The van der Waals surface area contributed by atoms with Gasteiger partial charge in [0, 0.05) is 32.9 Å². The van der Waals surface area contributed by atoms with E-state index in [-0.39, 0.29) is 0 Å². The van der Waals surface area contributed by atoms with Crippen molar-refractivity contribution in [3.8, 4) is 89.3 Å². The van der Waals surface area contributed by atoms with E-state index in [4.69, 9.17) is 0 Å². The predicted molar refractivity (Wildman–Crippen MR) is 364 cm³/mol. The van der Waals surface area contributed by atoms with E-state index in [9.17, 15) is 0 Å². The van der Waals surface area contributed by atoms with Crippen LogP contribution in [0.15, 0.2) is 315 Å². The molecule has 0 amide bonds. The van der Waals surface area contributed by atoms with Crippen molar-refractivity contribution in [2.45, 2.75) is 10.8 Å². The second kappa shape index (κ2) is 17.6.